The van der Waals surface area contributed by atoms with Crippen molar-refractivity contribution in [3.05, 3.63) is 36.0 Å². The van der Waals surface area contributed by atoms with E-state index in [9.17, 15) is 13.2 Å². The van der Waals surface area contributed by atoms with Gasteiger partial charge in [0.25, 0.3) is 0 Å². The highest BCUT2D eigenvalue weighted by molar-refractivity contribution is 7.93. The molecule has 2 unspecified atom stereocenters. The maximum atomic E-state index is 12.8. The first-order valence-corrected chi connectivity index (χ1v) is 9.40. The van der Waals surface area contributed by atoms with Crippen LogP contribution in [0, 0.1) is 5.92 Å². The molecule has 1 aromatic heterocycles. The van der Waals surface area contributed by atoms with Crippen molar-refractivity contribution in [3.8, 4) is 0 Å². The molecule has 116 valence electrons. The Morgan fingerprint density at radius 2 is 1.82 bits per heavy atom. The summed E-state index contributed by atoms with van der Waals surface area (Å²) in [4.78, 5) is 12.8. The van der Waals surface area contributed by atoms with Gasteiger partial charge in [0, 0.05) is 35.6 Å². The molecule has 3 heterocycles. The number of aryl methyl sites for hydroxylation is 1. The number of ketones is 1. The standard InChI is InChI=1S/C17H19NO3S/c1-18-7-6-11-8-12(2-5-16(11)18)17(19)13-9-14-3-4-15(10-13)22(14,20)21/h2,5-8,13-15H,3-4,9-10H2,1H3. The molecule has 0 amide bonds. The minimum atomic E-state index is -2.96. The van der Waals surface area contributed by atoms with Crippen LogP contribution in [0.2, 0.25) is 0 Å². The fourth-order valence-electron chi connectivity index (χ4n) is 4.09. The van der Waals surface area contributed by atoms with Crippen LogP contribution in [-0.4, -0.2) is 29.3 Å². The number of nitrogens with zero attached hydrogens (tertiary/aromatic N) is 1. The van der Waals surface area contributed by atoms with Crippen molar-refractivity contribution in [2.24, 2.45) is 13.0 Å². The summed E-state index contributed by atoms with van der Waals surface area (Å²) in [5, 5.41) is 0.473. The largest absolute Gasteiger partial charge is 0.351 e. The second kappa shape index (κ2) is 4.69. The molecule has 2 aliphatic heterocycles. The van der Waals surface area contributed by atoms with E-state index < -0.39 is 9.84 Å². The molecule has 0 saturated carbocycles. The summed E-state index contributed by atoms with van der Waals surface area (Å²) in [6.45, 7) is 0. The first-order valence-electron chi connectivity index (χ1n) is 7.79. The Balaban J connectivity index is 1.64. The van der Waals surface area contributed by atoms with Gasteiger partial charge in [0.05, 0.1) is 10.5 Å². The Labute approximate surface area is 130 Å². The van der Waals surface area contributed by atoms with Crippen molar-refractivity contribution in [2.45, 2.75) is 36.2 Å². The molecule has 0 aliphatic carbocycles. The van der Waals surface area contributed by atoms with Gasteiger partial charge in [-0.3, -0.25) is 4.79 Å². The van der Waals surface area contributed by atoms with Crippen molar-refractivity contribution in [1.29, 1.82) is 0 Å². The third kappa shape index (κ3) is 1.95. The Hall–Kier alpha value is -1.62. The predicted molar refractivity (Wildman–Crippen MR) is 85.7 cm³/mol. The second-order valence-corrected chi connectivity index (χ2v) is 9.15. The Bertz CT molecular complexity index is 845. The minimum Gasteiger partial charge on any atom is -0.351 e. The van der Waals surface area contributed by atoms with E-state index in [-0.39, 0.29) is 22.2 Å². The molecule has 0 spiro atoms. The number of sulfone groups is 1. The lowest BCUT2D eigenvalue weighted by molar-refractivity contribution is 0.0905. The summed E-state index contributed by atoms with van der Waals surface area (Å²) < 4.78 is 26.3. The number of benzene rings is 1. The van der Waals surface area contributed by atoms with Crippen LogP contribution in [0.3, 0.4) is 0 Å². The molecular formula is C17H19NO3S. The van der Waals surface area contributed by atoms with Crippen molar-refractivity contribution in [3.63, 3.8) is 0 Å². The monoisotopic (exact) mass is 317 g/mol. The van der Waals surface area contributed by atoms with E-state index >= 15 is 0 Å². The molecule has 4 rings (SSSR count). The zero-order chi connectivity index (χ0) is 15.5. The van der Waals surface area contributed by atoms with Gasteiger partial charge >= 0.3 is 0 Å². The predicted octanol–water partition coefficient (Wildman–Crippen LogP) is 2.72. The van der Waals surface area contributed by atoms with Crippen LogP contribution in [0.15, 0.2) is 30.5 Å². The summed E-state index contributed by atoms with van der Waals surface area (Å²) in [6.07, 6.45) is 4.45. The van der Waals surface area contributed by atoms with Crippen molar-refractivity contribution in [1.82, 2.24) is 4.57 Å². The third-order valence-electron chi connectivity index (χ3n) is 5.38. The Kier molecular flexibility index (Phi) is 2.98. The van der Waals surface area contributed by atoms with E-state index in [0.717, 1.165) is 23.7 Å². The molecule has 4 nitrogen and oxygen atoms in total. The molecule has 2 fully saturated rings. The zero-order valence-electron chi connectivity index (χ0n) is 12.5. The van der Waals surface area contributed by atoms with E-state index in [4.69, 9.17) is 0 Å². The van der Waals surface area contributed by atoms with Crippen LogP contribution >= 0.6 is 0 Å². The molecule has 2 bridgehead atoms. The molecular weight excluding hydrogens is 298 g/mol. The number of hydrogen-bond acceptors (Lipinski definition) is 3. The average Bonchev–Trinajstić information content (AvgIpc) is 2.88. The Morgan fingerprint density at radius 1 is 1.14 bits per heavy atom. The lowest BCUT2D eigenvalue weighted by Crippen LogP contribution is -2.36. The first kappa shape index (κ1) is 14.0. The zero-order valence-corrected chi connectivity index (χ0v) is 13.3. The number of Topliss-reactive ketones (excluding diaryl/α,β-unsaturated/α-hetero) is 1. The van der Waals surface area contributed by atoms with E-state index in [2.05, 4.69) is 0 Å². The Morgan fingerprint density at radius 3 is 2.50 bits per heavy atom. The van der Waals surface area contributed by atoms with Crippen LogP contribution < -0.4 is 0 Å². The lowest BCUT2D eigenvalue weighted by atomic mass is 9.90. The number of hydrogen-bond donors (Lipinski definition) is 0. The molecule has 0 radical (unpaired) electrons. The number of carbonyl (C=O) groups excluding carboxylic acids is 1. The number of aromatic nitrogens is 1. The molecule has 22 heavy (non-hydrogen) atoms. The topological polar surface area (TPSA) is 56.1 Å². The van der Waals surface area contributed by atoms with Gasteiger partial charge in [0.15, 0.2) is 15.6 Å². The summed E-state index contributed by atoms with van der Waals surface area (Å²) in [5.41, 5.74) is 1.81. The molecule has 1 aromatic carbocycles. The summed E-state index contributed by atoms with van der Waals surface area (Å²) in [5.74, 6) is -0.0280. The van der Waals surface area contributed by atoms with Crippen molar-refractivity contribution < 1.29 is 13.2 Å². The van der Waals surface area contributed by atoms with E-state index in [1.54, 1.807) is 0 Å². The maximum absolute atomic E-state index is 12.8. The van der Waals surface area contributed by atoms with E-state index in [1.165, 1.54) is 0 Å². The number of carbonyl (C=O) groups is 1. The van der Waals surface area contributed by atoms with Crippen molar-refractivity contribution >= 4 is 26.5 Å². The molecule has 2 aromatic rings. The molecule has 0 N–H and O–H groups in total. The molecule has 2 atom stereocenters. The van der Waals surface area contributed by atoms with Crippen LogP contribution in [-0.2, 0) is 16.9 Å². The van der Waals surface area contributed by atoms with Crippen LogP contribution in [0.25, 0.3) is 10.9 Å². The van der Waals surface area contributed by atoms with Gasteiger partial charge in [-0.15, -0.1) is 0 Å². The van der Waals surface area contributed by atoms with Gasteiger partial charge in [0.1, 0.15) is 0 Å². The number of fused-ring (bicyclic) bond motifs is 3. The summed E-state index contributed by atoms with van der Waals surface area (Å²) in [7, 11) is -0.985. The van der Waals surface area contributed by atoms with Gasteiger partial charge in [-0.05, 0) is 49.9 Å². The van der Waals surface area contributed by atoms with Gasteiger partial charge in [-0.1, -0.05) is 0 Å². The van der Waals surface area contributed by atoms with E-state index in [0.29, 0.717) is 18.4 Å². The quantitative estimate of drug-likeness (QED) is 0.800. The highest BCUT2D eigenvalue weighted by Crippen LogP contribution is 2.42. The highest BCUT2D eigenvalue weighted by Gasteiger charge is 2.48. The van der Waals surface area contributed by atoms with E-state index in [1.807, 2.05) is 42.1 Å². The molecule has 2 aliphatic rings. The van der Waals surface area contributed by atoms with Gasteiger partial charge in [-0.2, -0.15) is 0 Å². The normalized spacial score (nSPS) is 29.8. The molecule has 5 heteroatoms. The fraction of sp³-hybridized carbons (Fsp3) is 0.471. The third-order valence-corrected chi connectivity index (χ3v) is 8.09. The molecule has 2 saturated heterocycles. The SMILES string of the molecule is Cn1ccc2cc(C(=O)C3CC4CCC(C3)S4(=O)=O)ccc21. The maximum Gasteiger partial charge on any atom is 0.166 e. The smallest absolute Gasteiger partial charge is 0.166 e. The fourth-order valence-corrected chi connectivity index (χ4v) is 6.57. The van der Waals surface area contributed by atoms with Crippen LogP contribution in [0.1, 0.15) is 36.0 Å². The summed E-state index contributed by atoms with van der Waals surface area (Å²) >= 11 is 0. The summed E-state index contributed by atoms with van der Waals surface area (Å²) in [6, 6.07) is 7.77. The second-order valence-electron chi connectivity index (χ2n) is 6.64. The van der Waals surface area contributed by atoms with Crippen molar-refractivity contribution in [2.75, 3.05) is 0 Å². The minimum absolute atomic E-state index is 0.109. The highest BCUT2D eigenvalue weighted by atomic mass is 32.2. The van der Waals surface area contributed by atoms with Gasteiger partial charge in [0.2, 0.25) is 0 Å². The van der Waals surface area contributed by atoms with Crippen LogP contribution in [0.4, 0.5) is 0 Å². The number of rotatable bonds is 2. The first-order chi connectivity index (χ1) is 10.5. The van der Waals surface area contributed by atoms with Gasteiger partial charge < -0.3 is 4.57 Å². The van der Waals surface area contributed by atoms with Gasteiger partial charge in [-0.25, -0.2) is 8.42 Å². The van der Waals surface area contributed by atoms with Crippen LogP contribution in [0.5, 0.6) is 0 Å². The average molecular weight is 317 g/mol. The lowest BCUT2D eigenvalue weighted by Gasteiger charge is -2.27.